The van der Waals surface area contributed by atoms with Gasteiger partial charge in [-0.25, -0.2) is 15.0 Å². The minimum absolute atomic E-state index is 0.545. The molecule has 234 valence electrons. The van der Waals surface area contributed by atoms with E-state index in [0.29, 0.717) is 17.5 Å². The zero-order valence-corrected chi connectivity index (χ0v) is 27.0. The molecule has 1 spiro atoms. The molecule has 50 heavy (non-hydrogen) atoms. The van der Waals surface area contributed by atoms with E-state index in [2.05, 4.69) is 115 Å². The van der Waals surface area contributed by atoms with Crippen LogP contribution in [0.3, 0.4) is 0 Å². The highest BCUT2D eigenvalue weighted by Crippen LogP contribution is 2.62. The first-order valence-corrected chi connectivity index (χ1v) is 16.9. The van der Waals surface area contributed by atoms with Gasteiger partial charge in [0.1, 0.15) is 11.5 Å². The van der Waals surface area contributed by atoms with Gasteiger partial charge in [-0.1, -0.05) is 158 Å². The van der Waals surface area contributed by atoms with Crippen LogP contribution in [-0.4, -0.2) is 15.0 Å². The predicted molar refractivity (Wildman–Crippen MR) is 199 cm³/mol. The van der Waals surface area contributed by atoms with Gasteiger partial charge in [0, 0.05) is 27.8 Å². The van der Waals surface area contributed by atoms with Crippen LogP contribution in [-0.2, 0) is 5.41 Å². The highest BCUT2D eigenvalue weighted by atomic mass is 16.5. The molecule has 0 saturated heterocycles. The van der Waals surface area contributed by atoms with Gasteiger partial charge in [0.25, 0.3) is 0 Å². The van der Waals surface area contributed by atoms with Crippen molar-refractivity contribution in [2.75, 3.05) is 0 Å². The Morgan fingerprint density at radius 3 is 1.40 bits per heavy atom. The molecule has 0 radical (unpaired) electrons. The maximum atomic E-state index is 6.70. The lowest BCUT2D eigenvalue weighted by atomic mass is 9.65. The van der Waals surface area contributed by atoms with Crippen molar-refractivity contribution >= 4 is 0 Å². The Hall–Kier alpha value is -6.65. The maximum Gasteiger partial charge on any atom is 0.164 e. The third-order valence-corrected chi connectivity index (χ3v) is 10.0. The summed E-state index contributed by atoms with van der Waals surface area (Å²) >= 11 is 0. The molecule has 4 nitrogen and oxygen atoms in total. The first-order valence-electron chi connectivity index (χ1n) is 16.9. The summed E-state index contributed by atoms with van der Waals surface area (Å²) in [5.74, 6) is 3.63. The Balaban J connectivity index is 1.21. The smallest absolute Gasteiger partial charge is 0.164 e. The molecule has 0 bridgehead atoms. The van der Waals surface area contributed by atoms with Gasteiger partial charge in [0.2, 0.25) is 0 Å². The predicted octanol–water partition coefficient (Wildman–Crippen LogP) is 11.0. The van der Waals surface area contributed by atoms with Crippen LogP contribution in [0.2, 0.25) is 0 Å². The summed E-state index contributed by atoms with van der Waals surface area (Å²) in [6.45, 7) is 0. The molecule has 0 saturated carbocycles. The maximum absolute atomic E-state index is 6.70. The van der Waals surface area contributed by atoms with Crippen molar-refractivity contribution < 1.29 is 4.74 Å². The first-order chi connectivity index (χ1) is 24.8. The van der Waals surface area contributed by atoms with Gasteiger partial charge in [-0.3, -0.25) is 0 Å². The van der Waals surface area contributed by atoms with Crippen LogP contribution in [0.25, 0.3) is 56.4 Å². The Morgan fingerprint density at radius 2 is 0.780 bits per heavy atom. The monoisotopic (exact) mass is 639 g/mol. The van der Waals surface area contributed by atoms with Crippen molar-refractivity contribution in [3.8, 4) is 67.9 Å². The second-order valence-electron chi connectivity index (χ2n) is 12.7. The molecule has 0 unspecified atom stereocenters. The van der Waals surface area contributed by atoms with Crippen LogP contribution in [0, 0.1) is 0 Å². The summed E-state index contributed by atoms with van der Waals surface area (Å²) in [6.07, 6.45) is 0. The Bertz CT molecular complexity index is 2480. The Labute approximate surface area is 290 Å². The van der Waals surface area contributed by atoms with E-state index in [1.165, 1.54) is 22.3 Å². The van der Waals surface area contributed by atoms with Gasteiger partial charge in [0.05, 0.1) is 5.41 Å². The molecule has 0 N–H and O–H groups in total. The summed E-state index contributed by atoms with van der Waals surface area (Å²) in [4.78, 5) is 15.1. The second kappa shape index (κ2) is 11.2. The zero-order valence-electron chi connectivity index (χ0n) is 27.0. The number of benzene rings is 7. The summed E-state index contributed by atoms with van der Waals surface area (Å²) < 4.78 is 6.70. The normalized spacial score (nSPS) is 13.1. The number of aromatic nitrogens is 3. The largest absolute Gasteiger partial charge is 0.457 e. The molecule has 1 aromatic heterocycles. The first kappa shape index (κ1) is 28.4. The average Bonchev–Trinajstić information content (AvgIpc) is 3.49. The topological polar surface area (TPSA) is 47.9 Å². The molecule has 0 atom stereocenters. The average molecular weight is 640 g/mol. The van der Waals surface area contributed by atoms with E-state index in [0.717, 1.165) is 50.4 Å². The van der Waals surface area contributed by atoms with E-state index in [-0.39, 0.29) is 0 Å². The van der Waals surface area contributed by atoms with Crippen LogP contribution in [0.15, 0.2) is 176 Å². The van der Waals surface area contributed by atoms with E-state index in [4.69, 9.17) is 19.7 Å². The molecular weight excluding hydrogens is 611 g/mol. The Morgan fingerprint density at radius 1 is 0.320 bits per heavy atom. The van der Waals surface area contributed by atoms with Gasteiger partial charge in [0.15, 0.2) is 17.5 Å². The number of rotatable bonds is 4. The molecule has 0 amide bonds. The number of nitrogens with zero attached hydrogens (tertiary/aromatic N) is 3. The minimum Gasteiger partial charge on any atom is -0.457 e. The molecule has 7 aromatic carbocycles. The fourth-order valence-corrected chi connectivity index (χ4v) is 7.88. The van der Waals surface area contributed by atoms with Crippen molar-refractivity contribution in [1.29, 1.82) is 0 Å². The van der Waals surface area contributed by atoms with Crippen molar-refractivity contribution in [3.63, 3.8) is 0 Å². The highest BCUT2D eigenvalue weighted by molar-refractivity contribution is 5.90. The molecule has 1 aliphatic carbocycles. The lowest BCUT2D eigenvalue weighted by Gasteiger charge is -2.39. The van der Waals surface area contributed by atoms with Crippen molar-refractivity contribution in [1.82, 2.24) is 15.0 Å². The molecule has 1 aliphatic heterocycles. The summed E-state index contributed by atoms with van der Waals surface area (Å²) in [7, 11) is 0. The highest BCUT2D eigenvalue weighted by Gasteiger charge is 2.51. The number of hydrogen-bond acceptors (Lipinski definition) is 4. The molecule has 4 heteroatoms. The van der Waals surface area contributed by atoms with Gasteiger partial charge in [-0.15, -0.1) is 0 Å². The summed E-state index contributed by atoms with van der Waals surface area (Å²) in [5, 5.41) is 0. The standard InChI is InChI=1S/C46H29N3O/c1-3-15-30(16-4-1)43-47-44(31-17-5-2-6-18-31)49-45(48-43)36-22-8-7-19-33(36)32-27-28-42-40(29-32)46(39-25-13-14-26-41(39)50-42)37-23-11-9-20-34(37)35-21-10-12-24-38(35)46/h1-29H. The Kier molecular flexibility index (Phi) is 6.36. The third kappa shape index (κ3) is 4.22. The number of ether oxygens (including phenoxy) is 1. The van der Waals surface area contributed by atoms with Crippen molar-refractivity contribution in [2.45, 2.75) is 5.41 Å². The van der Waals surface area contributed by atoms with Crippen LogP contribution >= 0.6 is 0 Å². The van der Waals surface area contributed by atoms with E-state index in [1.807, 2.05) is 60.7 Å². The SMILES string of the molecule is c1ccc(-c2nc(-c3ccccc3)nc(-c3ccccc3-c3ccc4c(c3)C3(c5ccccc5O4)c4ccccc4-c4ccccc43)n2)cc1. The summed E-state index contributed by atoms with van der Waals surface area (Å²) in [6, 6.07) is 61.3. The molecule has 2 aliphatic rings. The van der Waals surface area contributed by atoms with E-state index in [1.54, 1.807) is 0 Å². The van der Waals surface area contributed by atoms with Gasteiger partial charge in [-0.2, -0.15) is 0 Å². The van der Waals surface area contributed by atoms with E-state index >= 15 is 0 Å². The fraction of sp³-hybridized carbons (Fsp3) is 0.0217. The molecule has 8 aromatic rings. The van der Waals surface area contributed by atoms with Crippen LogP contribution < -0.4 is 4.74 Å². The van der Waals surface area contributed by atoms with Crippen molar-refractivity contribution in [2.24, 2.45) is 0 Å². The number of hydrogen-bond donors (Lipinski definition) is 0. The van der Waals surface area contributed by atoms with E-state index in [9.17, 15) is 0 Å². The van der Waals surface area contributed by atoms with E-state index < -0.39 is 5.41 Å². The van der Waals surface area contributed by atoms with Crippen LogP contribution in [0.1, 0.15) is 22.3 Å². The van der Waals surface area contributed by atoms with Gasteiger partial charge >= 0.3 is 0 Å². The number of fused-ring (bicyclic) bond motifs is 9. The van der Waals surface area contributed by atoms with Crippen LogP contribution in [0.4, 0.5) is 0 Å². The van der Waals surface area contributed by atoms with Gasteiger partial charge in [-0.05, 0) is 51.6 Å². The number of para-hydroxylation sites is 1. The van der Waals surface area contributed by atoms with Crippen LogP contribution in [0.5, 0.6) is 11.5 Å². The molecular formula is C46H29N3O. The lowest BCUT2D eigenvalue weighted by Crippen LogP contribution is -2.32. The fourth-order valence-electron chi connectivity index (χ4n) is 7.88. The summed E-state index contributed by atoms with van der Waals surface area (Å²) in [5.41, 5.74) is 11.7. The molecule has 0 fully saturated rings. The lowest BCUT2D eigenvalue weighted by molar-refractivity contribution is 0.436. The molecule has 10 rings (SSSR count). The molecule has 2 heterocycles. The quantitative estimate of drug-likeness (QED) is 0.192. The minimum atomic E-state index is -0.545. The second-order valence-corrected chi connectivity index (χ2v) is 12.7. The van der Waals surface area contributed by atoms with Crippen molar-refractivity contribution in [3.05, 3.63) is 198 Å². The van der Waals surface area contributed by atoms with Gasteiger partial charge < -0.3 is 4.74 Å². The third-order valence-electron chi connectivity index (χ3n) is 10.0. The zero-order chi connectivity index (χ0) is 33.1.